The fourth-order valence-electron chi connectivity index (χ4n) is 0.682. The van der Waals surface area contributed by atoms with Crippen LogP contribution in [0.4, 0.5) is 0 Å². The van der Waals surface area contributed by atoms with Crippen molar-refractivity contribution >= 4 is 6.29 Å². The lowest BCUT2D eigenvalue weighted by atomic mass is 10.4. The van der Waals surface area contributed by atoms with Crippen LogP contribution in [0, 0.1) is 0 Å². The van der Waals surface area contributed by atoms with Crippen LogP contribution in [0.5, 0.6) is 5.88 Å². The van der Waals surface area contributed by atoms with Crippen molar-refractivity contribution in [2.24, 2.45) is 0 Å². The van der Waals surface area contributed by atoms with E-state index in [1.54, 1.807) is 6.29 Å². The van der Waals surface area contributed by atoms with Gasteiger partial charge in [0.15, 0.2) is 0 Å². The second-order valence-electron chi connectivity index (χ2n) is 1.80. The Labute approximate surface area is 58.1 Å². The molecule has 0 spiro atoms. The molecule has 0 saturated carbocycles. The van der Waals surface area contributed by atoms with Gasteiger partial charge >= 0.3 is 0 Å². The molecule has 0 bridgehead atoms. The van der Waals surface area contributed by atoms with Gasteiger partial charge in [-0.3, -0.25) is 4.79 Å². The fraction of sp³-hybridized carbons (Fsp3) is 0.333. The van der Waals surface area contributed by atoms with Gasteiger partial charge in [-0.05, 0) is 6.92 Å². The number of hydrogen-bond donors (Lipinski definition) is 1. The first kappa shape index (κ1) is 6.80. The van der Waals surface area contributed by atoms with Crippen LogP contribution in [0.25, 0.3) is 0 Å². The van der Waals surface area contributed by atoms with Crippen molar-refractivity contribution in [2.45, 2.75) is 13.5 Å². The van der Waals surface area contributed by atoms with Crippen LogP contribution >= 0.6 is 0 Å². The van der Waals surface area contributed by atoms with Gasteiger partial charge in [-0.1, -0.05) is 0 Å². The summed E-state index contributed by atoms with van der Waals surface area (Å²) in [7, 11) is 0. The second kappa shape index (κ2) is 2.51. The summed E-state index contributed by atoms with van der Waals surface area (Å²) in [5.41, 5.74) is 0.113. The van der Waals surface area contributed by atoms with E-state index in [9.17, 15) is 4.79 Å². The molecular weight excluding hydrogens is 132 g/mol. The quantitative estimate of drug-likeness (QED) is 0.630. The Balaban J connectivity index is 3.08. The molecule has 0 aliphatic rings. The van der Waals surface area contributed by atoms with Gasteiger partial charge < -0.3 is 5.11 Å². The van der Waals surface area contributed by atoms with Crippen molar-refractivity contribution in [1.29, 1.82) is 0 Å². The molecule has 0 amide bonds. The minimum atomic E-state index is -0.113. The summed E-state index contributed by atoms with van der Waals surface area (Å²) >= 11 is 0. The molecule has 0 aliphatic carbocycles. The van der Waals surface area contributed by atoms with Gasteiger partial charge in [0.1, 0.15) is 5.56 Å². The Morgan fingerprint density at radius 3 is 2.90 bits per heavy atom. The van der Waals surface area contributed by atoms with E-state index in [4.69, 9.17) is 5.11 Å². The van der Waals surface area contributed by atoms with E-state index in [0.29, 0.717) is 6.54 Å². The van der Waals surface area contributed by atoms with Crippen LogP contribution in [0.2, 0.25) is 0 Å². The number of rotatable bonds is 2. The van der Waals surface area contributed by atoms with Crippen molar-refractivity contribution in [3.63, 3.8) is 0 Å². The molecule has 4 heteroatoms. The average molecular weight is 139 g/mol. The molecular formula is C6H7N2O2. The molecule has 0 aliphatic heterocycles. The van der Waals surface area contributed by atoms with Gasteiger partial charge in [0.2, 0.25) is 12.2 Å². The zero-order valence-electron chi connectivity index (χ0n) is 5.53. The van der Waals surface area contributed by atoms with Gasteiger partial charge in [0, 0.05) is 6.54 Å². The van der Waals surface area contributed by atoms with E-state index in [1.807, 2.05) is 6.92 Å². The third kappa shape index (κ3) is 0.877. The molecule has 4 nitrogen and oxygen atoms in total. The summed E-state index contributed by atoms with van der Waals surface area (Å²) in [5.74, 6) is -0.113. The number of hydrogen-bond acceptors (Lipinski definition) is 3. The van der Waals surface area contributed by atoms with E-state index in [-0.39, 0.29) is 11.4 Å². The van der Waals surface area contributed by atoms with Gasteiger partial charge in [0.05, 0.1) is 6.20 Å². The largest absolute Gasteiger partial charge is 0.493 e. The van der Waals surface area contributed by atoms with E-state index >= 15 is 0 Å². The van der Waals surface area contributed by atoms with Crippen LogP contribution in [0.1, 0.15) is 12.5 Å². The molecule has 1 rings (SSSR count). The number of aromatic hydroxyl groups is 1. The molecule has 0 aromatic carbocycles. The predicted molar refractivity (Wildman–Crippen MR) is 34.4 cm³/mol. The van der Waals surface area contributed by atoms with Crippen molar-refractivity contribution < 1.29 is 9.90 Å². The minimum absolute atomic E-state index is 0.113. The van der Waals surface area contributed by atoms with Gasteiger partial charge in [-0.25, -0.2) is 4.68 Å². The highest BCUT2D eigenvalue weighted by molar-refractivity contribution is 5.77. The smallest absolute Gasteiger partial charge is 0.240 e. The molecule has 0 unspecified atom stereocenters. The molecule has 1 aromatic heterocycles. The number of aryl methyl sites for hydroxylation is 1. The Morgan fingerprint density at radius 2 is 2.60 bits per heavy atom. The minimum Gasteiger partial charge on any atom is -0.493 e. The van der Waals surface area contributed by atoms with Crippen LogP contribution in [-0.4, -0.2) is 21.2 Å². The topological polar surface area (TPSA) is 55.1 Å². The SMILES string of the molecule is CCn1ncc([C]=O)c1O. The monoisotopic (exact) mass is 139 g/mol. The Hall–Kier alpha value is -1.32. The van der Waals surface area contributed by atoms with Crippen LogP contribution in [0.3, 0.4) is 0 Å². The lowest BCUT2D eigenvalue weighted by molar-refractivity contribution is 0.403. The normalized spacial score (nSPS) is 9.70. The maximum Gasteiger partial charge on any atom is 0.240 e. The molecule has 1 N–H and O–H groups in total. The Bertz CT molecular complexity index is 242. The summed E-state index contributed by atoms with van der Waals surface area (Å²) in [4.78, 5) is 10.0. The zero-order chi connectivity index (χ0) is 7.56. The lowest BCUT2D eigenvalue weighted by Gasteiger charge is -1.94. The molecule has 10 heavy (non-hydrogen) atoms. The standard InChI is InChI=1S/C6H7N2O2/c1-2-8-6(10)5(4-9)3-7-8/h3,10H,2H2,1H3. The number of carbonyl (C=O) groups excluding carboxylic acids is 1. The van der Waals surface area contributed by atoms with Gasteiger partial charge in [-0.2, -0.15) is 5.10 Å². The summed E-state index contributed by atoms with van der Waals surface area (Å²) in [5, 5.41) is 12.8. The molecule has 1 aromatic rings. The second-order valence-corrected chi connectivity index (χ2v) is 1.80. The van der Waals surface area contributed by atoms with Crippen molar-refractivity contribution in [1.82, 2.24) is 9.78 Å². The Kier molecular flexibility index (Phi) is 1.71. The van der Waals surface area contributed by atoms with Crippen molar-refractivity contribution in [3.8, 4) is 5.88 Å². The molecule has 0 saturated heterocycles. The predicted octanol–water partition coefficient (Wildman–Crippen LogP) is 0.0664. The van der Waals surface area contributed by atoms with E-state index < -0.39 is 0 Å². The summed E-state index contributed by atoms with van der Waals surface area (Å²) in [6.45, 7) is 2.37. The van der Waals surface area contributed by atoms with Crippen molar-refractivity contribution in [3.05, 3.63) is 11.8 Å². The van der Waals surface area contributed by atoms with E-state index in [1.165, 1.54) is 10.9 Å². The molecule has 1 radical (unpaired) electrons. The highest BCUT2D eigenvalue weighted by Crippen LogP contribution is 2.12. The molecule has 53 valence electrons. The van der Waals surface area contributed by atoms with Gasteiger partial charge in [-0.15, -0.1) is 0 Å². The van der Waals surface area contributed by atoms with E-state index in [0.717, 1.165) is 0 Å². The highest BCUT2D eigenvalue weighted by Gasteiger charge is 2.05. The average Bonchev–Trinajstić information content (AvgIpc) is 2.30. The summed E-state index contributed by atoms with van der Waals surface area (Å²) in [6, 6.07) is 0. The summed E-state index contributed by atoms with van der Waals surface area (Å²) < 4.78 is 1.32. The van der Waals surface area contributed by atoms with Gasteiger partial charge in [0.25, 0.3) is 0 Å². The third-order valence-corrected chi connectivity index (χ3v) is 1.22. The maximum atomic E-state index is 10.0. The first-order chi connectivity index (χ1) is 4.79. The van der Waals surface area contributed by atoms with Crippen LogP contribution < -0.4 is 0 Å². The van der Waals surface area contributed by atoms with Crippen LogP contribution in [-0.2, 0) is 11.3 Å². The highest BCUT2D eigenvalue weighted by atomic mass is 16.3. The zero-order valence-corrected chi connectivity index (χ0v) is 5.53. The summed E-state index contributed by atoms with van der Waals surface area (Å²) in [6.07, 6.45) is 2.85. The maximum absolute atomic E-state index is 10.0. The van der Waals surface area contributed by atoms with E-state index in [2.05, 4.69) is 5.10 Å². The number of nitrogens with zero attached hydrogens (tertiary/aromatic N) is 2. The first-order valence-electron chi connectivity index (χ1n) is 2.92. The lowest BCUT2D eigenvalue weighted by Crippen LogP contribution is -1.94. The molecule has 0 atom stereocenters. The first-order valence-corrected chi connectivity index (χ1v) is 2.92. The number of aromatic nitrogens is 2. The molecule has 0 fully saturated rings. The Morgan fingerprint density at radius 1 is 1.90 bits per heavy atom. The van der Waals surface area contributed by atoms with Crippen LogP contribution in [0.15, 0.2) is 6.20 Å². The molecule has 1 heterocycles. The fourth-order valence-corrected chi connectivity index (χ4v) is 0.682. The van der Waals surface area contributed by atoms with Crippen molar-refractivity contribution in [2.75, 3.05) is 0 Å². The third-order valence-electron chi connectivity index (χ3n) is 1.22.